The van der Waals surface area contributed by atoms with Crippen molar-refractivity contribution in [1.29, 1.82) is 0 Å². The van der Waals surface area contributed by atoms with Crippen LogP contribution in [0, 0.1) is 12.3 Å². The number of nitrogens with one attached hydrogen (secondary N) is 3. The third-order valence-corrected chi connectivity index (χ3v) is 4.93. The number of hydrogen-bond donors (Lipinski definition) is 3. The SMILES string of the molecule is Cc1cc(NC(=O)C(C)(C)C)sc1C(=O)NNC(=O)c1ccccc1Cl. The summed E-state index contributed by atoms with van der Waals surface area (Å²) in [5, 5.41) is 3.66. The zero-order valence-electron chi connectivity index (χ0n) is 14.9. The minimum atomic E-state index is -0.538. The summed E-state index contributed by atoms with van der Waals surface area (Å²) >= 11 is 7.09. The van der Waals surface area contributed by atoms with Crippen LogP contribution in [0.4, 0.5) is 5.00 Å². The van der Waals surface area contributed by atoms with E-state index in [1.165, 1.54) is 0 Å². The topological polar surface area (TPSA) is 87.3 Å². The van der Waals surface area contributed by atoms with E-state index in [4.69, 9.17) is 11.6 Å². The van der Waals surface area contributed by atoms with Gasteiger partial charge in [-0.3, -0.25) is 25.2 Å². The molecule has 2 rings (SSSR count). The first-order chi connectivity index (χ1) is 12.1. The van der Waals surface area contributed by atoms with Gasteiger partial charge in [-0.2, -0.15) is 0 Å². The summed E-state index contributed by atoms with van der Waals surface area (Å²) in [6, 6.07) is 8.25. The number of amides is 3. The maximum Gasteiger partial charge on any atom is 0.280 e. The molecule has 3 N–H and O–H groups in total. The molecule has 2 aromatic rings. The zero-order valence-corrected chi connectivity index (χ0v) is 16.5. The van der Waals surface area contributed by atoms with Crippen LogP contribution in [0.5, 0.6) is 0 Å². The predicted molar refractivity (Wildman–Crippen MR) is 104 cm³/mol. The number of anilines is 1. The summed E-state index contributed by atoms with van der Waals surface area (Å²) in [5.74, 6) is -1.12. The quantitative estimate of drug-likeness (QED) is 0.693. The maximum atomic E-state index is 12.3. The highest BCUT2D eigenvalue weighted by Crippen LogP contribution is 2.28. The maximum absolute atomic E-state index is 12.3. The van der Waals surface area contributed by atoms with Crippen molar-refractivity contribution in [2.45, 2.75) is 27.7 Å². The minimum Gasteiger partial charge on any atom is -0.317 e. The Balaban J connectivity index is 2.03. The largest absolute Gasteiger partial charge is 0.317 e. The Morgan fingerprint density at radius 3 is 2.27 bits per heavy atom. The van der Waals surface area contributed by atoms with Crippen molar-refractivity contribution in [3.8, 4) is 0 Å². The third kappa shape index (κ3) is 4.83. The Morgan fingerprint density at radius 1 is 1.04 bits per heavy atom. The zero-order chi connectivity index (χ0) is 19.5. The van der Waals surface area contributed by atoms with Crippen LogP contribution in [0.15, 0.2) is 30.3 Å². The van der Waals surface area contributed by atoms with Crippen molar-refractivity contribution in [3.05, 3.63) is 51.4 Å². The Kier molecular flexibility index (Phi) is 6.05. The van der Waals surface area contributed by atoms with Gasteiger partial charge >= 0.3 is 0 Å². The van der Waals surface area contributed by atoms with Crippen LogP contribution in [-0.2, 0) is 4.79 Å². The van der Waals surface area contributed by atoms with E-state index in [2.05, 4.69) is 16.2 Å². The molecule has 138 valence electrons. The second kappa shape index (κ2) is 7.88. The van der Waals surface area contributed by atoms with Gasteiger partial charge in [-0.15, -0.1) is 11.3 Å². The standard InChI is InChI=1S/C18H20ClN3O3S/c1-10-9-13(20-17(25)18(2,3)4)26-14(10)16(24)22-21-15(23)11-7-5-6-8-12(11)19/h5-9H,1-4H3,(H,20,25)(H,21,23)(H,22,24). The van der Waals surface area contributed by atoms with Crippen molar-refractivity contribution in [1.82, 2.24) is 10.9 Å². The van der Waals surface area contributed by atoms with Crippen LogP contribution in [0.1, 0.15) is 46.4 Å². The molecule has 0 unspecified atom stereocenters. The van der Waals surface area contributed by atoms with Gasteiger partial charge < -0.3 is 5.32 Å². The molecule has 6 nitrogen and oxygen atoms in total. The molecule has 0 fully saturated rings. The molecule has 0 aliphatic rings. The predicted octanol–water partition coefficient (Wildman–Crippen LogP) is 3.77. The van der Waals surface area contributed by atoms with E-state index < -0.39 is 17.2 Å². The number of aryl methyl sites for hydroxylation is 1. The van der Waals surface area contributed by atoms with Gasteiger partial charge in [0.05, 0.1) is 20.5 Å². The second-order valence-corrected chi connectivity index (χ2v) is 8.17. The van der Waals surface area contributed by atoms with Crippen LogP contribution in [-0.4, -0.2) is 17.7 Å². The van der Waals surface area contributed by atoms with Crippen LogP contribution in [0.3, 0.4) is 0 Å². The fourth-order valence-electron chi connectivity index (χ4n) is 1.95. The van der Waals surface area contributed by atoms with Gasteiger partial charge in [0.15, 0.2) is 0 Å². The summed E-state index contributed by atoms with van der Waals surface area (Å²) in [7, 11) is 0. The lowest BCUT2D eigenvalue weighted by Crippen LogP contribution is -2.41. The van der Waals surface area contributed by atoms with Crippen LogP contribution in [0.25, 0.3) is 0 Å². The number of rotatable bonds is 3. The minimum absolute atomic E-state index is 0.141. The van der Waals surface area contributed by atoms with E-state index >= 15 is 0 Å². The molecule has 1 heterocycles. The lowest BCUT2D eigenvalue weighted by atomic mass is 9.96. The van der Waals surface area contributed by atoms with Crippen molar-refractivity contribution in [3.63, 3.8) is 0 Å². The normalized spacial score (nSPS) is 11.0. The van der Waals surface area contributed by atoms with Gasteiger partial charge in [0.2, 0.25) is 5.91 Å². The molecule has 26 heavy (non-hydrogen) atoms. The molecular formula is C18H20ClN3O3S. The molecule has 8 heteroatoms. The Morgan fingerprint density at radius 2 is 1.65 bits per heavy atom. The second-order valence-electron chi connectivity index (χ2n) is 6.72. The highest BCUT2D eigenvalue weighted by Gasteiger charge is 2.23. The highest BCUT2D eigenvalue weighted by molar-refractivity contribution is 7.18. The lowest BCUT2D eigenvalue weighted by Gasteiger charge is -2.16. The molecular weight excluding hydrogens is 374 g/mol. The number of thiophene rings is 1. The number of benzene rings is 1. The third-order valence-electron chi connectivity index (χ3n) is 3.45. The highest BCUT2D eigenvalue weighted by atomic mass is 35.5. The monoisotopic (exact) mass is 393 g/mol. The fourth-order valence-corrected chi connectivity index (χ4v) is 3.14. The van der Waals surface area contributed by atoms with Gasteiger partial charge in [-0.05, 0) is 30.7 Å². The Hall–Kier alpha value is -2.38. The molecule has 3 amide bonds. The first-order valence-electron chi connectivity index (χ1n) is 7.86. The number of hydrogen-bond acceptors (Lipinski definition) is 4. The fraction of sp³-hybridized carbons (Fsp3) is 0.278. The molecule has 0 saturated carbocycles. The number of carbonyl (C=O) groups is 3. The average molecular weight is 394 g/mol. The van der Waals surface area contributed by atoms with Gasteiger partial charge in [-0.1, -0.05) is 44.5 Å². The number of carbonyl (C=O) groups excluding carboxylic acids is 3. The van der Waals surface area contributed by atoms with Crippen molar-refractivity contribution in [2.24, 2.45) is 5.41 Å². The molecule has 1 aromatic carbocycles. The van der Waals surface area contributed by atoms with E-state index in [1.54, 1.807) is 58.0 Å². The van der Waals surface area contributed by atoms with E-state index in [9.17, 15) is 14.4 Å². The summed E-state index contributed by atoms with van der Waals surface area (Å²) < 4.78 is 0. The summed E-state index contributed by atoms with van der Waals surface area (Å²) in [6.45, 7) is 7.18. The van der Waals surface area contributed by atoms with Gasteiger partial charge in [0.25, 0.3) is 11.8 Å². The summed E-state index contributed by atoms with van der Waals surface area (Å²) in [6.07, 6.45) is 0. The molecule has 0 bridgehead atoms. The molecule has 0 radical (unpaired) electrons. The van der Waals surface area contributed by atoms with Gasteiger partial charge in [-0.25, -0.2) is 0 Å². The van der Waals surface area contributed by atoms with Gasteiger partial charge in [0.1, 0.15) is 0 Å². The van der Waals surface area contributed by atoms with E-state index in [-0.39, 0.29) is 11.5 Å². The molecule has 1 aromatic heterocycles. The summed E-state index contributed by atoms with van der Waals surface area (Å²) in [4.78, 5) is 36.9. The Bertz CT molecular complexity index is 856. The van der Waals surface area contributed by atoms with E-state index in [0.29, 0.717) is 20.5 Å². The first-order valence-corrected chi connectivity index (χ1v) is 9.06. The smallest absolute Gasteiger partial charge is 0.280 e. The van der Waals surface area contributed by atoms with Crippen LogP contribution >= 0.6 is 22.9 Å². The molecule has 0 aliphatic heterocycles. The Labute approximate surface area is 160 Å². The molecule has 0 atom stereocenters. The average Bonchev–Trinajstić information content (AvgIpc) is 2.92. The van der Waals surface area contributed by atoms with Crippen molar-refractivity contribution >= 4 is 45.7 Å². The van der Waals surface area contributed by atoms with E-state index in [1.807, 2.05) is 0 Å². The number of hydrazine groups is 1. The molecule has 0 saturated heterocycles. The van der Waals surface area contributed by atoms with Gasteiger partial charge in [0, 0.05) is 5.41 Å². The van der Waals surface area contributed by atoms with E-state index in [0.717, 1.165) is 11.3 Å². The van der Waals surface area contributed by atoms with Crippen molar-refractivity contribution < 1.29 is 14.4 Å². The molecule has 0 spiro atoms. The lowest BCUT2D eigenvalue weighted by molar-refractivity contribution is -0.123. The van der Waals surface area contributed by atoms with Crippen LogP contribution < -0.4 is 16.2 Å². The molecule has 0 aliphatic carbocycles. The summed E-state index contributed by atoms with van der Waals surface area (Å²) in [5.41, 5.74) is 5.12. The van der Waals surface area contributed by atoms with Crippen molar-refractivity contribution in [2.75, 3.05) is 5.32 Å². The van der Waals surface area contributed by atoms with Crippen LogP contribution in [0.2, 0.25) is 5.02 Å². The first kappa shape index (κ1) is 19.9. The number of halogens is 1.